The van der Waals surface area contributed by atoms with Gasteiger partial charge in [-0.2, -0.15) is 0 Å². The average Bonchev–Trinajstić information content (AvgIpc) is 3.55. The molecule has 0 bridgehead atoms. The Bertz CT molecular complexity index is 1140. The summed E-state index contributed by atoms with van der Waals surface area (Å²) in [7, 11) is 3.64. The van der Waals surface area contributed by atoms with Crippen LogP contribution in [0.2, 0.25) is 0 Å². The molecule has 1 heterocycles. The Morgan fingerprint density at radius 1 is 1.04 bits per heavy atom. The lowest BCUT2D eigenvalue weighted by Gasteiger charge is -2.37. The number of carboxylic acid groups (broad SMARTS) is 1. The summed E-state index contributed by atoms with van der Waals surface area (Å²) in [6.07, 6.45) is 11.3. The van der Waals surface area contributed by atoms with Crippen LogP contribution in [0.5, 0.6) is 0 Å². The number of carbonyl (C=O) groups is 5. The molecule has 1 fully saturated rings. The molecule has 1 saturated heterocycles. The molecule has 50 heavy (non-hydrogen) atoms. The van der Waals surface area contributed by atoms with E-state index in [1.807, 2.05) is 32.7 Å². The maximum atomic E-state index is 13.9. The first-order valence-corrected chi connectivity index (χ1v) is 19.7. The van der Waals surface area contributed by atoms with Gasteiger partial charge in [0.05, 0.1) is 23.9 Å². The maximum Gasteiger partial charge on any atom is 0.306 e. The van der Waals surface area contributed by atoms with Gasteiger partial charge in [-0.3, -0.25) is 34.2 Å². The zero-order valence-corrected chi connectivity index (χ0v) is 32.6. The summed E-state index contributed by atoms with van der Waals surface area (Å²) in [5, 5.41) is 18.7. The third-order valence-corrected chi connectivity index (χ3v) is 11.1. The number of hydrogen-bond donors (Lipinski definition) is 4. The highest BCUT2D eigenvalue weighted by Crippen LogP contribution is 2.30. The number of allylic oxidation sites excluding steroid dienone is 2. The lowest BCUT2D eigenvalue weighted by atomic mass is 9.86. The highest BCUT2D eigenvalue weighted by molar-refractivity contribution is 8.00. The number of carboxylic acids is 1. The van der Waals surface area contributed by atoms with Gasteiger partial charge in [-0.1, -0.05) is 59.6 Å². The van der Waals surface area contributed by atoms with Crippen LogP contribution in [0.15, 0.2) is 12.2 Å². The van der Waals surface area contributed by atoms with E-state index in [0.717, 1.165) is 51.5 Å². The Morgan fingerprint density at radius 3 is 2.34 bits per heavy atom. The fourth-order valence-corrected chi connectivity index (χ4v) is 8.18. The fraction of sp³-hybridized carbons (Fsp3) is 0.811. The highest BCUT2D eigenvalue weighted by Gasteiger charge is 2.40. The minimum absolute atomic E-state index is 0.0114. The molecule has 2 rings (SSSR count). The number of carbonyl (C=O) groups excluding carboxylic acids is 4. The fourth-order valence-electron chi connectivity index (χ4n) is 6.89. The van der Waals surface area contributed by atoms with E-state index in [1.165, 1.54) is 18.7 Å². The van der Waals surface area contributed by atoms with Crippen LogP contribution in [0.4, 0.5) is 0 Å². The molecular weight excluding hydrogens is 659 g/mol. The Morgan fingerprint density at radius 2 is 1.76 bits per heavy atom. The summed E-state index contributed by atoms with van der Waals surface area (Å²) in [5.41, 5.74) is 0. The third-order valence-electron chi connectivity index (χ3n) is 9.79. The predicted octanol–water partition coefficient (Wildman–Crippen LogP) is 4.18. The standard InChI is InChI=1S/C37H65N5O7S/c1-9-11-18-41(7)22-33(44)39-29(15-10-2)36(46)42(8)31(24(3)4)21-32(49-26(6)43)35-40-30(23-50-35)34(45)38-28(19-25(5)37(47)48)20-27-16-13-12-14-17-27/h12-13,24-25,27-32,35,40H,9-11,14-23H2,1-8H3,(H,38,45)(H,39,44)(H,47,48)/t25-,27+,28+,29-,30?,31+,32+,35-/m0/s1. The summed E-state index contributed by atoms with van der Waals surface area (Å²) in [6.45, 7) is 12.2. The maximum absolute atomic E-state index is 13.9. The molecule has 1 aliphatic carbocycles. The Labute approximate surface area is 304 Å². The lowest BCUT2D eigenvalue weighted by molar-refractivity contribution is -0.149. The Balaban J connectivity index is 2.13. The van der Waals surface area contributed by atoms with E-state index in [1.54, 1.807) is 18.9 Å². The zero-order valence-electron chi connectivity index (χ0n) is 31.7. The Hall–Kier alpha value is -2.64. The molecule has 0 aromatic carbocycles. The number of likely N-dealkylation sites (N-methyl/N-ethyl adjacent to an activating group) is 2. The number of nitrogens with zero attached hydrogens (tertiary/aromatic N) is 2. The molecule has 1 aliphatic heterocycles. The number of nitrogens with one attached hydrogen (secondary N) is 3. The topological polar surface area (TPSA) is 157 Å². The van der Waals surface area contributed by atoms with E-state index in [9.17, 15) is 29.1 Å². The first-order valence-electron chi connectivity index (χ1n) is 18.6. The van der Waals surface area contributed by atoms with Gasteiger partial charge in [-0.25, -0.2) is 0 Å². The number of aliphatic carboxylic acids is 1. The van der Waals surface area contributed by atoms with Crippen molar-refractivity contribution in [2.75, 3.05) is 32.9 Å². The monoisotopic (exact) mass is 723 g/mol. The van der Waals surface area contributed by atoms with Crippen molar-refractivity contribution in [1.82, 2.24) is 25.8 Å². The van der Waals surface area contributed by atoms with Crippen molar-refractivity contribution in [2.45, 2.75) is 141 Å². The van der Waals surface area contributed by atoms with Crippen LogP contribution in [0.25, 0.3) is 0 Å². The van der Waals surface area contributed by atoms with Gasteiger partial charge in [-0.15, -0.1) is 11.8 Å². The van der Waals surface area contributed by atoms with E-state index in [2.05, 4.69) is 35.0 Å². The smallest absolute Gasteiger partial charge is 0.306 e. The van der Waals surface area contributed by atoms with Gasteiger partial charge in [0.15, 0.2) is 0 Å². The van der Waals surface area contributed by atoms with E-state index < -0.39 is 36.0 Å². The van der Waals surface area contributed by atoms with E-state index in [-0.39, 0.29) is 47.6 Å². The molecule has 0 saturated carbocycles. The molecule has 1 unspecified atom stereocenters. The van der Waals surface area contributed by atoms with Crippen molar-refractivity contribution in [3.63, 3.8) is 0 Å². The van der Waals surface area contributed by atoms with Gasteiger partial charge in [-0.05, 0) is 70.4 Å². The number of ether oxygens (including phenoxy) is 1. The number of unbranched alkanes of at least 4 members (excludes halogenated alkanes) is 1. The van der Waals surface area contributed by atoms with Gasteiger partial charge >= 0.3 is 11.9 Å². The predicted molar refractivity (Wildman–Crippen MR) is 198 cm³/mol. The summed E-state index contributed by atoms with van der Waals surface area (Å²) in [6, 6.07) is -1.79. The van der Waals surface area contributed by atoms with Gasteiger partial charge in [0.1, 0.15) is 12.1 Å². The Kier molecular flexibility index (Phi) is 19.4. The first-order chi connectivity index (χ1) is 23.7. The quantitative estimate of drug-likeness (QED) is 0.0944. The number of rotatable bonds is 22. The molecule has 3 amide bonds. The van der Waals surface area contributed by atoms with E-state index in [0.29, 0.717) is 30.9 Å². The van der Waals surface area contributed by atoms with Crippen LogP contribution in [0, 0.1) is 17.8 Å². The summed E-state index contributed by atoms with van der Waals surface area (Å²) in [4.78, 5) is 68.0. The van der Waals surface area contributed by atoms with Crippen LogP contribution in [0.3, 0.4) is 0 Å². The summed E-state index contributed by atoms with van der Waals surface area (Å²) < 4.78 is 5.84. The normalized spacial score (nSPS) is 22.0. The second-order valence-electron chi connectivity index (χ2n) is 14.7. The highest BCUT2D eigenvalue weighted by atomic mass is 32.2. The molecule has 4 N–H and O–H groups in total. The SMILES string of the molecule is CCCCN(C)CC(=O)N[C@@H](CCC)C(=O)N(C)[C@H](C[C@@H](OC(C)=O)[C@H]1NC(C(=O)N[C@@H](C[C@@H]2CC=CCC2)C[C@H](C)C(=O)O)CS1)C(C)C. The van der Waals surface area contributed by atoms with Crippen molar-refractivity contribution in [3.8, 4) is 0 Å². The van der Waals surface area contributed by atoms with E-state index in [4.69, 9.17) is 4.74 Å². The van der Waals surface area contributed by atoms with Crippen molar-refractivity contribution >= 4 is 41.4 Å². The number of esters is 1. The average molecular weight is 724 g/mol. The summed E-state index contributed by atoms with van der Waals surface area (Å²) >= 11 is 1.50. The van der Waals surface area contributed by atoms with Crippen molar-refractivity contribution in [1.29, 1.82) is 0 Å². The van der Waals surface area contributed by atoms with E-state index >= 15 is 0 Å². The third kappa shape index (κ3) is 14.9. The molecular formula is C37H65N5O7S. The first kappa shape index (κ1) is 43.5. The minimum Gasteiger partial charge on any atom is -0.481 e. The van der Waals surface area contributed by atoms with Crippen molar-refractivity contribution in [2.24, 2.45) is 17.8 Å². The van der Waals surface area contributed by atoms with Crippen molar-refractivity contribution in [3.05, 3.63) is 12.2 Å². The van der Waals surface area contributed by atoms with Crippen molar-refractivity contribution < 1.29 is 33.8 Å². The second-order valence-corrected chi connectivity index (χ2v) is 15.9. The number of amides is 3. The van der Waals surface area contributed by atoms with Gasteiger partial charge < -0.3 is 25.4 Å². The summed E-state index contributed by atoms with van der Waals surface area (Å²) in [5.74, 6) is -1.62. The molecule has 12 nitrogen and oxygen atoms in total. The number of hydrogen-bond acceptors (Lipinski definition) is 9. The van der Waals surface area contributed by atoms with Gasteiger partial charge in [0.2, 0.25) is 17.7 Å². The molecule has 13 heteroatoms. The minimum atomic E-state index is -0.881. The van der Waals surface area contributed by atoms with Gasteiger partial charge in [0.25, 0.3) is 0 Å². The van der Waals surface area contributed by atoms with Crippen LogP contribution >= 0.6 is 11.8 Å². The lowest BCUT2D eigenvalue weighted by Crippen LogP contribution is -2.55. The van der Waals surface area contributed by atoms with Crippen LogP contribution in [-0.4, -0.2) is 113 Å². The molecule has 2 aliphatic rings. The number of thioether (sulfide) groups is 1. The molecule has 8 atom stereocenters. The van der Waals surface area contributed by atoms with Crippen LogP contribution < -0.4 is 16.0 Å². The van der Waals surface area contributed by atoms with Crippen LogP contribution in [0.1, 0.15) is 106 Å². The van der Waals surface area contributed by atoms with Gasteiger partial charge in [0, 0.05) is 38.2 Å². The molecule has 0 radical (unpaired) electrons. The molecule has 286 valence electrons. The zero-order chi connectivity index (χ0) is 37.4. The molecule has 0 aromatic heterocycles. The molecule has 0 spiro atoms. The molecule has 0 aromatic rings. The van der Waals surface area contributed by atoms with Crippen LogP contribution in [-0.2, 0) is 28.7 Å². The second kappa shape index (κ2) is 22.3. The largest absolute Gasteiger partial charge is 0.481 e.